The largest absolute Gasteiger partial charge is 0.480 e. The first-order chi connectivity index (χ1) is 15.8. The Hall–Kier alpha value is -3.26. The van der Waals surface area contributed by atoms with Gasteiger partial charge in [-0.25, -0.2) is 4.79 Å². The van der Waals surface area contributed by atoms with Crippen molar-refractivity contribution in [2.24, 2.45) is 28.9 Å². The van der Waals surface area contributed by atoms with Crippen molar-refractivity contribution in [3.8, 4) is 0 Å². The fraction of sp³-hybridized carbons (Fsp3) is 0.700. The lowest BCUT2D eigenvalue weighted by atomic mass is 9.97. The highest BCUT2D eigenvalue weighted by Gasteiger charge is 2.33. The van der Waals surface area contributed by atoms with Gasteiger partial charge in [-0.3, -0.25) is 24.0 Å². The second-order valence-corrected chi connectivity index (χ2v) is 8.06. The summed E-state index contributed by atoms with van der Waals surface area (Å²) in [7, 11) is 0. The van der Waals surface area contributed by atoms with E-state index in [0.717, 1.165) is 0 Å². The lowest BCUT2D eigenvalue weighted by Crippen LogP contribution is -2.59. The molecule has 0 heterocycles. The maximum atomic E-state index is 13.0. The molecular formula is C20H37N7O7. The Morgan fingerprint density at radius 2 is 1.35 bits per heavy atom. The zero-order valence-corrected chi connectivity index (χ0v) is 19.5. The lowest BCUT2D eigenvalue weighted by Gasteiger charge is -2.27. The van der Waals surface area contributed by atoms with Gasteiger partial charge >= 0.3 is 5.97 Å². The zero-order valence-electron chi connectivity index (χ0n) is 19.5. The van der Waals surface area contributed by atoms with Gasteiger partial charge in [-0.05, 0) is 25.3 Å². The van der Waals surface area contributed by atoms with Crippen molar-refractivity contribution < 1.29 is 33.9 Å². The standard InChI is InChI=1S/C20H37N7O7/c1-3-10(2)16(27-17(30)11(22)6-4-5-7-21)19(32)25-12(8-14(23)28)18(31)26-13(20(33)34)9-15(24)29/h10-13,16H,3-9,21-22H2,1-2H3,(H2,23,28)(H2,24,29)(H,25,32)(H,26,31)(H,27,30)(H,33,34). The van der Waals surface area contributed by atoms with Crippen molar-refractivity contribution >= 4 is 35.5 Å². The van der Waals surface area contributed by atoms with Crippen LogP contribution in [0.5, 0.6) is 0 Å². The van der Waals surface area contributed by atoms with Gasteiger partial charge in [0.25, 0.3) is 0 Å². The van der Waals surface area contributed by atoms with Crippen molar-refractivity contribution in [3.05, 3.63) is 0 Å². The van der Waals surface area contributed by atoms with Crippen molar-refractivity contribution in [2.75, 3.05) is 6.54 Å². The van der Waals surface area contributed by atoms with Crippen LogP contribution in [0.4, 0.5) is 0 Å². The minimum absolute atomic E-state index is 0.362. The number of carbonyl (C=O) groups excluding carboxylic acids is 5. The molecule has 12 N–H and O–H groups in total. The average molecular weight is 488 g/mol. The quantitative estimate of drug-likeness (QED) is 0.0957. The lowest BCUT2D eigenvalue weighted by molar-refractivity contribution is -0.144. The van der Waals surface area contributed by atoms with Crippen LogP contribution >= 0.6 is 0 Å². The molecule has 5 unspecified atom stereocenters. The number of hydrogen-bond donors (Lipinski definition) is 8. The van der Waals surface area contributed by atoms with Crippen LogP contribution in [-0.4, -0.2) is 71.3 Å². The number of primary amides is 2. The topological polar surface area (TPSA) is 263 Å². The fourth-order valence-corrected chi connectivity index (χ4v) is 2.95. The predicted octanol–water partition coefficient (Wildman–Crippen LogP) is -3.22. The highest BCUT2D eigenvalue weighted by molar-refractivity contribution is 5.96. The number of aliphatic carboxylic acids is 1. The van der Waals surface area contributed by atoms with Crippen molar-refractivity contribution in [2.45, 2.75) is 76.5 Å². The van der Waals surface area contributed by atoms with Gasteiger partial charge < -0.3 is 44.0 Å². The van der Waals surface area contributed by atoms with Crippen molar-refractivity contribution in [1.82, 2.24) is 16.0 Å². The summed E-state index contributed by atoms with van der Waals surface area (Å²) in [4.78, 5) is 71.8. The Morgan fingerprint density at radius 1 is 0.824 bits per heavy atom. The first-order valence-corrected chi connectivity index (χ1v) is 11.0. The maximum Gasteiger partial charge on any atom is 0.326 e. The van der Waals surface area contributed by atoms with E-state index in [4.69, 9.17) is 22.9 Å². The van der Waals surface area contributed by atoms with Crippen LogP contribution in [0, 0.1) is 5.92 Å². The number of hydrogen-bond acceptors (Lipinski definition) is 8. The number of nitrogens with one attached hydrogen (secondary N) is 3. The van der Waals surface area contributed by atoms with E-state index >= 15 is 0 Å². The van der Waals surface area contributed by atoms with Gasteiger partial charge in [0.05, 0.1) is 18.9 Å². The number of carboxylic acids is 1. The van der Waals surface area contributed by atoms with E-state index in [1.807, 2.05) is 5.32 Å². The maximum absolute atomic E-state index is 13.0. The number of amides is 5. The number of rotatable bonds is 17. The molecule has 0 aliphatic heterocycles. The summed E-state index contributed by atoms with van der Waals surface area (Å²) in [6.45, 7) is 3.94. The number of nitrogens with two attached hydrogens (primary N) is 4. The number of unbranched alkanes of at least 4 members (excludes halogenated alkanes) is 1. The molecule has 0 aromatic heterocycles. The van der Waals surface area contributed by atoms with E-state index in [0.29, 0.717) is 32.2 Å². The molecule has 194 valence electrons. The zero-order chi connectivity index (χ0) is 26.4. The summed E-state index contributed by atoms with van der Waals surface area (Å²) in [6, 6.07) is -5.20. The number of carbonyl (C=O) groups is 6. The van der Waals surface area contributed by atoms with Crippen LogP contribution in [0.25, 0.3) is 0 Å². The monoisotopic (exact) mass is 487 g/mol. The van der Waals surface area contributed by atoms with Gasteiger partial charge in [0.1, 0.15) is 18.1 Å². The van der Waals surface area contributed by atoms with Crippen molar-refractivity contribution in [3.63, 3.8) is 0 Å². The van der Waals surface area contributed by atoms with E-state index in [9.17, 15) is 33.9 Å². The molecular weight excluding hydrogens is 450 g/mol. The van der Waals surface area contributed by atoms with Gasteiger partial charge in [0.2, 0.25) is 29.5 Å². The highest BCUT2D eigenvalue weighted by Crippen LogP contribution is 2.10. The van der Waals surface area contributed by atoms with Gasteiger partial charge in [0.15, 0.2) is 0 Å². The molecule has 0 rings (SSSR count). The van der Waals surface area contributed by atoms with Crippen LogP contribution in [0.1, 0.15) is 52.4 Å². The Kier molecular flexibility index (Phi) is 14.1. The third kappa shape index (κ3) is 11.6. The molecule has 0 fully saturated rings. The van der Waals surface area contributed by atoms with Crippen molar-refractivity contribution in [1.29, 1.82) is 0 Å². The molecule has 0 aromatic carbocycles. The summed E-state index contributed by atoms with van der Waals surface area (Å²) in [5, 5.41) is 16.1. The SMILES string of the molecule is CCC(C)C(NC(=O)C(N)CCCCN)C(=O)NC(CC(N)=O)C(=O)NC(CC(N)=O)C(=O)O. The molecule has 0 radical (unpaired) electrons. The molecule has 0 aromatic rings. The van der Waals surface area contributed by atoms with E-state index in [-0.39, 0.29) is 5.92 Å². The Labute approximate surface area is 197 Å². The normalized spacial score (nSPS) is 15.2. The van der Waals surface area contributed by atoms with Crippen LogP contribution < -0.4 is 38.9 Å². The summed E-state index contributed by atoms with van der Waals surface area (Å²) in [5.41, 5.74) is 21.5. The summed E-state index contributed by atoms with van der Waals surface area (Å²) in [5.74, 6) is -6.27. The summed E-state index contributed by atoms with van der Waals surface area (Å²) >= 11 is 0. The van der Waals surface area contributed by atoms with Gasteiger partial charge in [-0.1, -0.05) is 26.7 Å². The number of carboxylic acid groups (broad SMARTS) is 1. The fourth-order valence-electron chi connectivity index (χ4n) is 2.95. The molecule has 5 atom stereocenters. The molecule has 5 amide bonds. The molecule has 34 heavy (non-hydrogen) atoms. The van der Waals surface area contributed by atoms with E-state index in [2.05, 4.69) is 10.6 Å². The molecule has 0 aliphatic carbocycles. The summed E-state index contributed by atoms with van der Waals surface area (Å²) in [6.07, 6.45) is 0.801. The van der Waals surface area contributed by atoms with Crippen LogP contribution in [0.2, 0.25) is 0 Å². The van der Waals surface area contributed by atoms with Gasteiger partial charge in [-0.2, -0.15) is 0 Å². The average Bonchev–Trinajstić information content (AvgIpc) is 2.74. The van der Waals surface area contributed by atoms with E-state index in [1.165, 1.54) is 0 Å². The predicted molar refractivity (Wildman–Crippen MR) is 121 cm³/mol. The Bertz CT molecular complexity index is 747. The third-order valence-corrected chi connectivity index (χ3v) is 5.16. The minimum Gasteiger partial charge on any atom is -0.480 e. The Morgan fingerprint density at radius 3 is 1.82 bits per heavy atom. The molecule has 14 heteroatoms. The first kappa shape index (κ1) is 30.7. The third-order valence-electron chi connectivity index (χ3n) is 5.16. The van der Waals surface area contributed by atoms with Crippen LogP contribution in [0.3, 0.4) is 0 Å². The van der Waals surface area contributed by atoms with Crippen LogP contribution in [-0.2, 0) is 28.8 Å². The van der Waals surface area contributed by atoms with Gasteiger partial charge in [-0.15, -0.1) is 0 Å². The smallest absolute Gasteiger partial charge is 0.326 e. The van der Waals surface area contributed by atoms with Crippen LogP contribution in [0.15, 0.2) is 0 Å². The Balaban J connectivity index is 5.51. The second kappa shape index (κ2) is 15.6. The van der Waals surface area contributed by atoms with E-state index in [1.54, 1.807) is 13.8 Å². The first-order valence-electron chi connectivity index (χ1n) is 11.0. The second-order valence-electron chi connectivity index (χ2n) is 8.06. The minimum atomic E-state index is -1.67. The molecule has 14 nitrogen and oxygen atoms in total. The highest BCUT2D eigenvalue weighted by atomic mass is 16.4. The molecule has 0 spiro atoms. The van der Waals surface area contributed by atoms with E-state index < -0.39 is 72.5 Å². The molecule has 0 saturated carbocycles. The molecule has 0 saturated heterocycles. The van der Waals surface area contributed by atoms with Gasteiger partial charge in [0, 0.05) is 0 Å². The molecule has 0 bridgehead atoms. The summed E-state index contributed by atoms with van der Waals surface area (Å²) < 4.78 is 0. The molecule has 0 aliphatic rings.